The Kier molecular flexibility index (Phi) is 5.98. The molecule has 1 heterocycles. The molecule has 1 aromatic rings. The monoisotopic (exact) mass is 332 g/mol. The van der Waals surface area contributed by atoms with Crippen LogP contribution in [0.5, 0.6) is 0 Å². The smallest absolute Gasteiger partial charge is 0.251 e. The van der Waals surface area contributed by atoms with E-state index in [0.717, 1.165) is 5.69 Å². The largest absolute Gasteiger partial charge is 0.349 e. The highest BCUT2D eigenvalue weighted by atomic mass is 32.2. The second-order valence-corrected chi connectivity index (χ2v) is 6.62. The molecule has 0 saturated carbocycles. The van der Waals surface area contributed by atoms with Crippen LogP contribution in [0.25, 0.3) is 0 Å². The Morgan fingerprint density at radius 2 is 2.09 bits per heavy atom. The van der Waals surface area contributed by atoms with Gasteiger partial charge in [0.2, 0.25) is 5.91 Å². The molecule has 2 amide bonds. The summed E-state index contributed by atoms with van der Waals surface area (Å²) in [5.74, 6) is 0.745. The van der Waals surface area contributed by atoms with Crippen LogP contribution in [0.3, 0.4) is 0 Å². The number of hydrogen-bond acceptors (Lipinski definition) is 4. The summed E-state index contributed by atoms with van der Waals surface area (Å²) >= 11 is 1.26. The molecule has 122 valence electrons. The summed E-state index contributed by atoms with van der Waals surface area (Å²) in [5.41, 5.74) is 1.33. The van der Waals surface area contributed by atoms with Gasteiger partial charge < -0.3 is 10.2 Å². The number of carbonyl (C=O) groups is 3. The first-order valence-electron chi connectivity index (χ1n) is 7.44. The molecule has 0 spiro atoms. The molecule has 0 radical (unpaired) electrons. The van der Waals surface area contributed by atoms with Gasteiger partial charge in [0.1, 0.15) is 0 Å². The first-order valence-corrected chi connectivity index (χ1v) is 8.42. The zero-order chi connectivity index (χ0) is 16.8. The maximum absolute atomic E-state index is 12.1. The summed E-state index contributed by atoms with van der Waals surface area (Å²) in [4.78, 5) is 36.7. The first-order chi connectivity index (χ1) is 11.0. The van der Waals surface area contributed by atoms with Gasteiger partial charge in [-0.1, -0.05) is 17.8 Å². The Bertz CT molecular complexity index is 613. The Labute approximate surface area is 140 Å². The number of thioether (sulfide) groups is 1. The molecular formula is C17H20N2O3S. The van der Waals surface area contributed by atoms with Crippen molar-refractivity contribution < 1.29 is 14.4 Å². The standard InChI is InChI=1S/C17H20N2O3S/c1-3-8-18-17(22)14-4-6-15(7-5-14)19-10-13(9-16(19)21)11-23-12(2)20/h3-7,13H,1,8-11H2,2H3,(H,18,22). The number of anilines is 1. The van der Waals surface area contributed by atoms with E-state index in [1.807, 2.05) is 0 Å². The Balaban J connectivity index is 1.99. The number of carbonyl (C=O) groups excluding carboxylic acids is 3. The van der Waals surface area contributed by atoms with Crippen LogP contribution in [0.2, 0.25) is 0 Å². The number of nitrogens with one attached hydrogen (secondary N) is 1. The van der Waals surface area contributed by atoms with E-state index in [-0.39, 0.29) is 22.8 Å². The first kappa shape index (κ1) is 17.3. The lowest BCUT2D eigenvalue weighted by atomic mass is 10.1. The van der Waals surface area contributed by atoms with Gasteiger partial charge in [-0.25, -0.2) is 0 Å². The molecule has 0 bridgehead atoms. The van der Waals surface area contributed by atoms with Gasteiger partial charge in [-0.3, -0.25) is 14.4 Å². The van der Waals surface area contributed by atoms with E-state index < -0.39 is 0 Å². The molecule has 0 aromatic heterocycles. The minimum Gasteiger partial charge on any atom is -0.349 e. The molecule has 1 aliphatic rings. The van der Waals surface area contributed by atoms with Crippen LogP contribution in [0.4, 0.5) is 5.69 Å². The normalized spacial score (nSPS) is 17.2. The van der Waals surface area contributed by atoms with Gasteiger partial charge in [-0.05, 0) is 30.2 Å². The summed E-state index contributed by atoms with van der Waals surface area (Å²) in [5, 5.41) is 2.78. The van der Waals surface area contributed by atoms with Crippen molar-refractivity contribution in [3.8, 4) is 0 Å². The summed E-state index contributed by atoms with van der Waals surface area (Å²) in [7, 11) is 0. The number of rotatable bonds is 6. The van der Waals surface area contributed by atoms with E-state index in [4.69, 9.17) is 0 Å². The van der Waals surface area contributed by atoms with E-state index in [1.54, 1.807) is 35.2 Å². The fraction of sp³-hybridized carbons (Fsp3) is 0.353. The van der Waals surface area contributed by atoms with Crippen LogP contribution in [-0.2, 0) is 9.59 Å². The molecule has 1 aliphatic heterocycles. The zero-order valence-electron chi connectivity index (χ0n) is 13.1. The highest BCUT2D eigenvalue weighted by Gasteiger charge is 2.30. The SMILES string of the molecule is C=CCNC(=O)c1ccc(N2CC(CSC(C)=O)CC2=O)cc1. The maximum Gasteiger partial charge on any atom is 0.251 e. The van der Waals surface area contributed by atoms with Crippen LogP contribution < -0.4 is 10.2 Å². The second kappa shape index (κ2) is 7.97. The molecule has 1 unspecified atom stereocenters. The average molecular weight is 332 g/mol. The van der Waals surface area contributed by atoms with Crippen LogP contribution >= 0.6 is 11.8 Å². The molecule has 1 atom stereocenters. The Morgan fingerprint density at radius 1 is 1.39 bits per heavy atom. The van der Waals surface area contributed by atoms with E-state index in [2.05, 4.69) is 11.9 Å². The van der Waals surface area contributed by atoms with Crippen molar-refractivity contribution in [2.45, 2.75) is 13.3 Å². The molecule has 1 aromatic carbocycles. The van der Waals surface area contributed by atoms with E-state index in [1.165, 1.54) is 18.7 Å². The topological polar surface area (TPSA) is 66.5 Å². The van der Waals surface area contributed by atoms with Gasteiger partial charge in [-0.15, -0.1) is 6.58 Å². The third-order valence-electron chi connectivity index (χ3n) is 3.58. The summed E-state index contributed by atoms with van der Waals surface area (Å²) in [6, 6.07) is 6.97. The van der Waals surface area contributed by atoms with Crippen molar-refractivity contribution in [2.75, 3.05) is 23.7 Å². The molecule has 6 heteroatoms. The van der Waals surface area contributed by atoms with Gasteiger partial charge >= 0.3 is 0 Å². The lowest BCUT2D eigenvalue weighted by molar-refractivity contribution is -0.117. The highest BCUT2D eigenvalue weighted by molar-refractivity contribution is 8.13. The van der Waals surface area contributed by atoms with Crippen LogP contribution in [0.1, 0.15) is 23.7 Å². The summed E-state index contributed by atoms with van der Waals surface area (Å²) in [6.45, 7) is 6.12. The number of amides is 2. The van der Waals surface area contributed by atoms with Crippen molar-refractivity contribution in [3.05, 3.63) is 42.5 Å². The molecule has 0 aliphatic carbocycles. The average Bonchev–Trinajstić information content (AvgIpc) is 2.91. The van der Waals surface area contributed by atoms with Crippen molar-refractivity contribution in [3.63, 3.8) is 0 Å². The number of hydrogen-bond donors (Lipinski definition) is 1. The summed E-state index contributed by atoms with van der Waals surface area (Å²) < 4.78 is 0. The lowest BCUT2D eigenvalue weighted by Crippen LogP contribution is -2.25. The minimum absolute atomic E-state index is 0.0583. The van der Waals surface area contributed by atoms with Crippen molar-refractivity contribution in [2.24, 2.45) is 5.92 Å². The van der Waals surface area contributed by atoms with E-state index >= 15 is 0 Å². The minimum atomic E-state index is -0.167. The van der Waals surface area contributed by atoms with Gasteiger partial charge in [0.15, 0.2) is 5.12 Å². The van der Waals surface area contributed by atoms with Gasteiger partial charge in [0.25, 0.3) is 5.91 Å². The predicted octanol–water partition coefficient (Wildman–Crippen LogP) is 2.24. The molecular weight excluding hydrogens is 312 g/mol. The molecule has 1 fully saturated rings. The number of benzene rings is 1. The predicted molar refractivity (Wildman–Crippen MR) is 92.6 cm³/mol. The lowest BCUT2D eigenvalue weighted by Gasteiger charge is -2.17. The van der Waals surface area contributed by atoms with Crippen LogP contribution in [0, 0.1) is 5.92 Å². The highest BCUT2D eigenvalue weighted by Crippen LogP contribution is 2.27. The molecule has 23 heavy (non-hydrogen) atoms. The van der Waals surface area contributed by atoms with Crippen molar-refractivity contribution >= 4 is 34.4 Å². The quantitative estimate of drug-likeness (QED) is 0.811. The van der Waals surface area contributed by atoms with E-state index in [9.17, 15) is 14.4 Å². The van der Waals surface area contributed by atoms with Crippen molar-refractivity contribution in [1.82, 2.24) is 5.32 Å². The van der Waals surface area contributed by atoms with Gasteiger partial charge in [0.05, 0.1) is 0 Å². The number of nitrogens with zero attached hydrogens (tertiary/aromatic N) is 1. The summed E-state index contributed by atoms with van der Waals surface area (Å²) in [6.07, 6.45) is 2.08. The second-order valence-electron chi connectivity index (χ2n) is 5.42. The maximum atomic E-state index is 12.1. The fourth-order valence-corrected chi connectivity index (χ4v) is 3.13. The Morgan fingerprint density at radius 3 is 2.70 bits per heavy atom. The molecule has 1 saturated heterocycles. The fourth-order valence-electron chi connectivity index (χ4n) is 2.44. The third-order valence-corrected chi connectivity index (χ3v) is 4.62. The molecule has 1 N–H and O–H groups in total. The van der Waals surface area contributed by atoms with Gasteiger partial charge in [0, 0.05) is 43.4 Å². The van der Waals surface area contributed by atoms with E-state index in [0.29, 0.717) is 30.8 Å². The molecule has 2 rings (SSSR count). The Hall–Kier alpha value is -2.08. The van der Waals surface area contributed by atoms with Crippen LogP contribution in [-0.4, -0.2) is 35.8 Å². The molecule has 5 nitrogen and oxygen atoms in total. The third kappa shape index (κ3) is 4.69. The zero-order valence-corrected chi connectivity index (χ0v) is 13.9. The van der Waals surface area contributed by atoms with Gasteiger partial charge in [-0.2, -0.15) is 0 Å². The van der Waals surface area contributed by atoms with Crippen LogP contribution in [0.15, 0.2) is 36.9 Å². The van der Waals surface area contributed by atoms with Crippen molar-refractivity contribution in [1.29, 1.82) is 0 Å².